The molecule has 2 aromatic rings. The zero-order valence-electron chi connectivity index (χ0n) is 17.3. The number of methoxy groups -OCH3 is 1. The number of ether oxygens (including phenoxy) is 2. The summed E-state index contributed by atoms with van der Waals surface area (Å²) in [5.41, 5.74) is 2.04. The second-order valence-electron chi connectivity index (χ2n) is 7.69. The molecule has 0 bridgehead atoms. The van der Waals surface area contributed by atoms with Gasteiger partial charge >= 0.3 is 0 Å². The van der Waals surface area contributed by atoms with Crippen LogP contribution in [-0.2, 0) is 14.3 Å². The van der Waals surface area contributed by atoms with E-state index in [1.165, 1.54) is 0 Å². The fraction of sp³-hybridized carbons (Fsp3) is 0.500. The monoisotopic (exact) mass is 412 g/mol. The molecule has 1 aromatic carbocycles. The van der Waals surface area contributed by atoms with E-state index < -0.39 is 0 Å². The number of nitrogens with zero attached hydrogens (tertiary/aromatic N) is 3. The maximum absolute atomic E-state index is 12.8. The van der Waals surface area contributed by atoms with Crippen LogP contribution >= 0.6 is 0 Å². The fourth-order valence-corrected chi connectivity index (χ4v) is 3.79. The van der Waals surface area contributed by atoms with Crippen LogP contribution in [0.4, 0.5) is 0 Å². The van der Waals surface area contributed by atoms with Gasteiger partial charge in [0.2, 0.25) is 5.91 Å². The third-order valence-corrected chi connectivity index (χ3v) is 5.62. The molecule has 2 aliphatic heterocycles. The maximum atomic E-state index is 12.8. The predicted octanol–water partition coefficient (Wildman–Crippen LogP) is 1.22. The van der Waals surface area contributed by atoms with Crippen molar-refractivity contribution >= 4 is 22.7 Å². The maximum Gasteiger partial charge on any atom is 0.252 e. The van der Waals surface area contributed by atoms with Gasteiger partial charge in [-0.2, -0.15) is 0 Å². The molecule has 2 saturated heterocycles. The lowest BCUT2D eigenvalue weighted by Gasteiger charge is -2.36. The van der Waals surface area contributed by atoms with Crippen molar-refractivity contribution in [1.82, 2.24) is 20.1 Å². The number of morpholine rings is 1. The van der Waals surface area contributed by atoms with Gasteiger partial charge in [0.1, 0.15) is 6.10 Å². The minimum Gasteiger partial charge on any atom is -0.383 e. The second kappa shape index (κ2) is 9.51. The number of pyridine rings is 1. The lowest BCUT2D eigenvalue weighted by atomic mass is 10.0. The molecule has 2 aliphatic rings. The predicted molar refractivity (Wildman–Crippen MR) is 112 cm³/mol. The molecule has 4 rings (SSSR count). The molecule has 0 radical (unpaired) electrons. The lowest BCUT2D eigenvalue weighted by Crippen LogP contribution is -2.49. The van der Waals surface area contributed by atoms with E-state index in [1.54, 1.807) is 7.11 Å². The van der Waals surface area contributed by atoms with E-state index in [1.807, 2.05) is 35.2 Å². The van der Waals surface area contributed by atoms with E-state index in [2.05, 4.69) is 10.2 Å². The molecule has 8 nitrogen and oxygen atoms in total. The van der Waals surface area contributed by atoms with Crippen molar-refractivity contribution in [2.24, 2.45) is 0 Å². The molecular formula is C22H28N4O4. The Morgan fingerprint density at radius 1 is 1.27 bits per heavy atom. The Balaban J connectivity index is 1.53. The first-order valence-electron chi connectivity index (χ1n) is 10.4. The van der Waals surface area contributed by atoms with Gasteiger partial charge in [0.25, 0.3) is 5.91 Å². The van der Waals surface area contributed by atoms with Crippen LogP contribution in [0, 0.1) is 0 Å². The van der Waals surface area contributed by atoms with E-state index in [4.69, 9.17) is 14.5 Å². The number of rotatable bonds is 7. The molecule has 0 spiro atoms. The van der Waals surface area contributed by atoms with Crippen LogP contribution in [0.15, 0.2) is 30.3 Å². The molecule has 1 N–H and O–H groups in total. The van der Waals surface area contributed by atoms with Crippen molar-refractivity contribution in [3.8, 4) is 0 Å². The zero-order valence-corrected chi connectivity index (χ0v) is 17.3. The molecule has 2 fully saturated rings. The Kier molecular flexibility index (Phi) is 6.56. The number of likely N-dealkylation sites (tertiary alicyclic amines) is 1. The third-order valence-electron chi connectivity index (χ3n) is 5.62. The summed E-state index contributed by atoms with van der Waals surface area (Å²) in [6.45, 7) is 4.84. The van der Waals surface area contributed by atoms with Gasteiger partial charge in [0.15, 0.2) is 0 Å². The highest BCUT2D eigenvalue weighted by Gasteiger charge is 2.28. The van der Waals surface area contributed by atoms with E-state index in [0.717, 1.165) is 30.4 Å². The molecule has 8 heteroatoms. The van der Waals surface area contributed by atoms with Crippen LogP contribution in [-0.4, -0.2) is 86.2 Å². The van der Waals surface area contributed by atoms with E-state index in [9.17, 15) is 9.59 Å². The largest absolute Gasteiger partial charge is 0.383 e. The van der Waals surface area contributed by atoms with Crippen molar-refractivity contribution in [3.05, 3.63) is 41.6 Å². The molecule has 2 amide bonds. The molecule has 0 saturated carbocycles. The van der Waals surface area contributed by atoms with Gasteiger partial charge in [0.05, 0.1) is 36.5 Å². The molecule has 1 aromatic heterocycles. The summed E-state index contributed by atoms with van der Waals surface area (Å²) in [5.74, 6) is 0.0131. The smallest absolute Gasteiger partial charge is 0.252 e. The van der Waals surface area contributed by atoms with Gasteiger partial charge in [-0.1, -0.05) is 18.2 Å². The minimum absolute atomic E-state index is 0.160. The highest BCUT2D eigenvalue weighted by Crippen LogP contribution is 2.26. The molecule has 1 atom stereocenters. The number of carbonyl (C=O) groups is 2. The summed E-state index contributed by atoms with van der Waals surface area (Å²) < 4.78 is 11.0. The van der Waals surface area contributed by atoms with Gasteiger partial charge in [-0.3, -0.25) is 14.5 Å². The number of nitrogens with one attached hydrogen (secondary N) is 1. The first kappa shape index (κ1) is 20.7. The SMILES string of the molecule is COCCNC(=O)c1cc(C2CN(CC(=O)N3CCC3)CCO2)nc2ccccc12. The number of hydrogen-bond donors (Lipinski definition) is 1. The van der Waals surface area contributed by atoms with Crippen LogP contribution in [0.5, 0.6) is 0 Å². The quantitative estimate of drug-likeness (QED) is 0.689. The average Bonchev–Trinajstić information content (AvgIpc) is 2.72. The van der Waals surface area contributed by atoms with Crippen LogP contribution in [0.25, 0.3) is 10.9 Å². The zero-order chi connectivity index (χ0) is 20.9. The molecule has 160 valence electrons. The summed E-state index contributed by atoms with van der Waals surface area (Å²) >= 11 is 0. The van der Waals surface area contributed by atoms with Crippen molar-refractivity contribution in [2.45, 2.75) is 12.5 Å². The van der Waals surface area contributed by atoms with Gasteiger partial charge in [-0.25, -0.2) is 4.98 Å². The Morgan fingerprint density at radius 2 is 2.10 bits per heavy atom. The van der Waals surface area contributed by atoms with Crippen molar-refractivity contribution in [2.75, 3.05) is 59.6 Å². The van der Waals surface area contributed by atoms with E-state index in [-0.39, 0.29) is 17.9 Å². The number of hydrogen-bond acceptors (Lipinski definition) is 6. The highest BCUT2D eigenvalue weighted by atomic mass is 16.5. The van der Waals surface area contributed by atoms with E-state index in [0.29, 0.717) is 50.7 Å². The summed E-state index contributed by atoms with van der Waals surface area (Å²) in [6.07, 6.45) is 0.811. The fourth-order valence-electron chi connectivity index (χ4n) is 3.79. The van der Waals surface area contributed by atoms with Crippen molar-refractivity contribution in [3.63, 3.8) is 0 Å². The van der Waals surface area contributed by atoms with Crippen LogP contribution in [0.3, 0.4) is 0 Å². The summed E-state index contributed by atoms with van der Waals surface area (Å²) in [7, 11) is 1.60. The van der Waals surface area contributed by atoms with Gasteiger partial charge in [0, 0.05) is 45.2 Å². The average molecular weight is 412 g/mol. The Hall–Kier alpha value is -2.55. The molecule has 0 aliphatic carbocycles. The number of fused-ring (bicyclic) bond motifs is 1. The third kappa shape index (κ3) is 4.61. The Morgan fingerprint density at radius 3 is 2.87 bits per heavy atom. The number of benzene rings is 1. The lowest BCUT2D eigenvalue weighted by molar-refractivity contribution is -0.137. The normalized spacial score (nSPS) is 19.5. The van der Waals surface area contributed by atoms with Crippen LogP contribution in [0.1, 0.15) is 28.6 Å². The highest BCUT2D eigenvalue weighted by molar-refractivity contribution is 6.06. The van der Waals surface area contributed by atoms with Crippen LogP contribution in [0.2, 0.25) is 0 Å². The molecule has 30 heavy (non-hydrogen) atoms. The van der Waals surface area contributed by atoms with E-state index >= 15 is 0 Å². The number of amides is 2. The standard InChI is InChI=1S/C22H28N4O4/c1-29-11-7-23-22(28)17-13-19(24-18-6-3-2-5-16(17)18)20-14-25(10-12-30-20)15-21(27)26-8-4-9-26/h2-3,5-6,13,20H,4,7-12,14-15H2,1H3,(H,23,28). The van der Waals surface area contributed by atoms with Gasteiger partial charge < -0.3 is 19.7 Å². The molecule has 3 heterocycles. The van der Waals surface area contributed by atoms with Gasteiger partial charge in [-0.05, 0) is 18.6 Å². The topological polar surface area (TPSA) is 84.0 Å². The van der Waals surface area contributed by atoms with Crippen molar-refractivity contribution < 1.29 is 19.1 Å². The van der Waals surface area contributed by atoms with Crippen LogP contribution < -0.4 is 5.32 Å². The minimum atomic E-state index is -0.280. The first-order chi connectivity index (χ1) is 14.7. The first-order valence-corrected chi connectivity index (χ1v) is 10.4. The number of carbonyl (C=O) groups excluding carboxylic acids is 2. The number of aromatic nitrogens is 1. The Labute approximate surface area is 176 Å². The second-order valence-corrected chi connectivity index (χ2v) is 7.69. The number of para-hydroxylation sites is 1. The molecular weight excluding hydrogens is 384 g/mol. The van der Waals surface area contributed by atoms with Gasteiger partial charge in [-0.15, -0.1) is 0 Å². The Bertz CT molecular complexity index is 915. The summed E-state index contributed by atoms with van der Waals surface area (Å²) in [6, 6.07) is 9.42. The molecule has 1 unspecified atom stereocenters. The van der Waals surface area contributed by atoms with Crippen molar-refractivity contribution in [1.29, 1.82) is 0 Å². The summed E-state index contributed by atoms with van der Waals surface area (Å²) in [4.78, 5) is 33.9. The summed E-state index contributed by atoms with van der Waals surface area (Å²) in [5, 5.41) is 3.69.